The molecule has 1 saturated heterocycles. The summed E-state index contributed by atoms with van der Waals surface area (Å²) in [6, 6.07) is 8.63. The summed E-state index contributed by atoms with van der Waals surface area (Å²) in [5.74, 6) is 1.65. The number of ether oxygens (including phenoxy) is 1. The Morgan fingerprint density at radius 1 is 1.16 bits per heavy atom. The molecule has 1 atom stereocenters. The molecule has 1 amide bonds. The van der Waals surface area contributed by atoms with Crippen LogP contribution in [0.3, 0.4) is 0 Å². The van der Waals surface area contributed by atoms with Gasteiger partial charge in [0.05, 0.1) is 12.7 Å². The number of anilines is 1. The van der Waals surface area contributed by atoms with E-state index in [-0.39, 0.29) is 0 Å². The molecule has 1 aliphatic carbocycles. The fraction of sp³-hybridized carbons (Fsp3) is 0.680. The Hall–Kier alpha value is -2.08. The lowest BCUT2D eigenvalue weighted by Crippen LogP contribution is -2.42. The molecule has 0 aromatic heterocycles. The fourth-order valence-corrected chi connectivity index (χ4v) is 5.29. The number of amides is 1. The molecule has 0 radical (unpaired) electrons. The molecule has 4 rings (SSSR count). The van der Waals surface area contributed by atoms with Crippen molar-refractivity contribution in [1.29, 1.82) is 0 Å². The summed E-state index contributed by atoms with van der Waals surface area (Å²) in [5.41, 5.74) is 2.60. The number of carbonyl (C=O) groups is 1. The van der Waals surface area contributed by atoms with Crippen LogP contribution in [0.15, 0.2) is 29.3 Å². The predicted octanol–water partition coefficient (Wildman–Crippen LogP) is 3.92. The summed E-state index contributed by atoms with van der Waals surface area (Å²) in [6.45, 7) is 4.17. The van der Waals surface area contributed by atoms with E-state index in [1.54, 1.807) is 0 Å². The first-order valence-corrected chi connectivity index (χ1v) is 12.2. The number of hydrogen-bond acceptors (Lipinski definition) is 3. The maximum Gasteiger partial charge on any atom is 0.222 e. The normalized spacial score (nSPS) is 22.7. The first kappa shape index (κ1) is 22.1. The van der Waals surface area contributed by atoms with Crippen LogP contribution in [0.25, 0.3) is 0 Å². The molecule has 1 unspecified atom stereocenters. The van der Waals surface area contributed by atoms with E-state index in [2.05, 4.69) is 39.5 Å². The molecular formula is C25H38N4O2. The van der Waals surface area contributed by atoms with Crippen LogP contribution in [0.5, 0.6) is 0 Å². The Morgan fingerprint density at radius 3 is 2.71 bits per heavy atom. The predicted molar refractivity (Wildman–Crippen MR) is 126 cm³/mol. The third kappa shape index (κ3) is 5.59. The van der Waals surface area contributed by atoms with Crippen molar-refractivity contribution >= 4 is 17.6 Å². The van der Waals surface area contributed by atoms with E-state index in [4.69, 9.17) is 4.74 Å². The van der Waals surface area contributed by atoms with Crippen molar-refractivity contribution in [3.63, 3.8) is 0 Å². The van der Waals surface area contributed by atoms with Crippen LogP contribution in [-0.2, 0) is 9.53 Å². The maximum absolute atomic E-state index is 12.0. The quantitative estimate of drug-likeness (QED) is 0.311. The van der Waals surface area contributed by atoms with E-state index < -0.39 is 0 Å². The van der Waals surface area contributed by atoms with Gasteiger partial charge in [0, 0.05) is 51.3 Å². The molecule has 0 spiro atoms. The molecule has 6 nitrogen and oxygen atoms in total. The minimum atomic E-state index is 0.314. The van der Waals surface area contributed by atoms with Crippen LogP contribution < -0.4 is 10.2 Å². The number of rotatable bonds is 7. The second-order valence-corrected chi connectivity index (χ2v) is 9.10. The first-order valence-electron chi connectivity index (χ1n) is 12.2. The fourth-order valence-electron chi connectivity index (χ4n) is 5.29. The standard InChI is InChI=1S/C25H38N4O2/c1-26-25(27-15-18-31-21-9-4-2-3-5-10-21)29-19-20(22-11-6-7-12-23(22)29)14-17-28-16-8-13-24(28)30/h6-7,11-12,20-21H,2-5,8-10,13-19H2,1H3,(H,26,27). The monoisotopic (exact) mass is 426 g/mol. The van der Waals surface area contributed by atoms with Crippen LogP contribution in [0.1, 0.15) is 69.3 Å². The molecule has 0 bridgehead atoms. The Labute approximate surface area is 187 Å². The molecule has 2 fully saturated rings. The SMILES string of the molecule is CN=C(NCCOC1CCCCCC1)N1CC(CCN2CCCC2=O)c2ccccc21. The zero-order valence-electron chi connectivity index (χ0n) is 19.0. The van der Waals surface area contributed by atoms with Crippen LogP contribution >= 0.6 is 0 Å². The average Bonchev–Trinajstić information content (AvgIpc) is 3.26. The molecule has 6 heteroatoms. The van der Waals surface area contributed by atoms with E-state index in [9.17, 15) is 4.79 Å². The van der Waals surface area contributed by atoms with E-state index in [1.807, 2.05) is 11.9 Å². The van der Waals surface area contributed by atoms with Gasteiger partial charge in [0.1, 0.15) is 0 Å². The van der Waals surface area contributed by atoms with Crippen LogP contribution in [-0.4, -0.2) is 62.7 Å². The van der Waals surface area contributed by atoms with Gasteiger partial charge in [0.2, 0.25) is 5.91 Å². The van der Waals surface area contributed by atoms with Crippen LogP contribution in [0.4, 0.5) is 5.69 Å². The summed E-state index contributed by atoms with van der Waals surface area (Å²) in [5, 5.41) is 3.52. The van der Waals surface area contributed by atoms with Crippen LogP contribution in [0, 0.1) is 0 Å². The van der Waals surface area contributed by atoms with E-state index >= 15 is 0 Å². The molecule has 2 aliphatic heterocycles. The van der Waals surface area contributed by atoms with Crippen molar-refractivity contribution in [1.82, 2.24) is 10.2 Å². The lowest BCUT2D eigenvalue weighted by atomic mass is 9.98. The summed E-state index contributed by atoms with van der Waals surface area (Å²) in [6.07, 6.45) is 10.9. The number of nitrogens with zero attached hydrogens (tertiary/aromatic N) is 3. The van der Waals surface area contributed by atoms with Crippen molar-refractivity contribution in [2.45, 2.75) is 69.8 Å². The molecule has 3 aliphatic rings. The molecule has 1 saturated carbocycles. The average molecular weight is 427 g/mol. The summed E-state index contributed by atoms with van der Waals surface area (Å²) < 4.78 is 6.14. The number of para-hydroxylation sites is 1. The van der Waals surface area contributed by atoms with Crippen LogP contribution in [0.2, 0.25) is 0 Å². The molecule has 2 heterocycles. The summed E-state index contributed by atoms with van der Waals surface area (Å²) >= 11 is 0. The minimum absolute atomic E-state index is 0.314. The highest BCUT2D eigenvalue weighted by molar-refractivity contribution is 5.98. The number of likely N-dealkylation sites (tertiary alicyclic amines) is 1. The van der Waals surface area contributed by atoms with Crippen molar-refractivity contribution in [2.24, 2.45) is 4.99 Å². The number of benzene rings is 1. The van der Waals surface area contributed by atoms with Gasteiger partial charge in [-0.25, -0.2) is 0 Å². The highest BCUT2D eigenvalue weighted by Crippen LogP contribution is 2.38. The van der Waals surface area contributed by atoms with Gasteiger partial charge in [-0.1, -0.05) is 43.9 Å². The third-order valence-electron chi connectivity index (χ3n) is 7.00. The number of aliphatic imine (C=N–C) groups is 1. The van der Waals surface area contributed by atoms with E-state index in [0.717, 1.165) is 51.6 Å². The van der Waals surface area contributed by atoms with Gasteiger partial charge in [-0.2, -0.15) is 0 Å². The Kier molecular flexibility index (Phi) is 7.84. The van der Waals surface area contributed by atoms with Gasteiger partial charge in [0.15, 0.2) is 5.96 Å². The summed E-state index contributed by atoms with van der Waals surface area (Å²) in [7, 11) is 1.85. The number of nitrogens with one attached hydrogen (secondary N) is 1. The zero-order valence-corrected chi connectivity index (χ0v) is 19.0. The Morgan fingerprint density at radius 2 is 1.97 bits per heavy atom. The zero-order chi connectivity index (χ0) is 21.5. The third-order valence-corrected chi connectivity index (χ3v) is 7.00. The molecule has 1 aromatic carbocycles. The lowest BCUT2D eigenvalue weighted by Gasteiger charge is -2.24. The molecular weight excluding hydrogens is 388 g/mol. The first-order chi connectivity index (χ1) is 15.3. The van der Waals surface area contributed by atoms with Gasteiger partial charge < -0.3 is 19.9 Å². The molecule has 1 N–H and O–H groups in total. The number of guanidine groups is 1. The number of hydrogen-bond donors (Lipinski definition) is 1. The second-order valence-electron chi connectivity index (χ2n) is 9.10. The van der Waals surface area contributed by atoms with Crippen molar-refractivity contribution in [3.05, 3.63) is 29.8 Å². The molecule has 31 heavy (non-hydrogen) atoms. The smallest absolute Gasteiger partial charge is 0.222 e. The second kappa shape index (κ2) is 11.0. The van der Waals surface area contributed by atoms with Gasteiger partial charge in [-0.3, -0.25) is 9.79 Å². The minimum Gasteiger partial charge on any atom is -0.376 e. The number of fused-ring (bicyclic) bond motifs is 1. The number of carbonyl (C=O) groups excluding carboxylic acids is 1. The van der Waals surface area contributed by atoms with E-state index in [0.29, 0.717) is 24.3 Å². The van der Waals surface area contributed by atoms with Gasteiger partial charge >= 0.3 is 0 Å². The lowest BCUT2D eigenvalue weighted by molar-refractivity contribution is -0.127. The highest BCUT2D eigenvalue weighted by Gasteiger charge is 2.32. The van der Waals surface area contributed by atoms with Gasteiger partial charge in [-0.15, -0.1) is 0 Å². The Bertz CT molecular complexity index is 758. The van der Waals surface area contributed by atoms with Crippen molar-refractivity contribution in [2.75, 3.05) is 44.7 Å². The Balaban J connectivity index is 1.31. The van der Waals surface area contributed by atoms with E-state index in [1.165, 1.54) is 49.8 Å². The highest BCUT2D eigenvalue weighted by atomic mass is 16.5. The maximum atomic E-state index is 12.0. The van der Waals surface area contributed by atoms with Gasteiger partial charge in [0.25, 0.3) is 0 Å². The van der Waals surface area contributed by atoms with Gasteiger partial charge in [-0.05, 0) is 37.3 Å². The largest absolute Gasteiger partial charge is 0.376 e. The van der Waals surface area contributed by atoms with Crippen molar-refractivity contribution in [3.8, 4) is 0 Å². The summed E-state index contributed by atoms with van der Waals surface area (Å²) in [4.78, 5) is 20.9. The molecule has 1 aromatic rings. The molecule has 170 valence electrons. The topological polar surface area (TPSA) is 57.2 Å². The van der Waals surface area contributed by atoms with Crippen molar-refractivity contribution < 1.29 is 9.53 Å².